The molecule has 1 saturated heterocycles. The third-order valence-corrected chi connectivity index (χ3v) is 5.57. The standard InChI is InChI=1S/C17H25N5OS/c1-4-15(16-19-12(2)11-24-16)20-17(23)22-6-5-13(10-22)7-14-8-18-21(3)9-14/h8-9,11,13,15H,4-7,10H2,1-3H3,(H,20,23). The monoisotopic (exact) mass is 347 g/mol. The fraction of sp³-hybridized carbons (Fsp3) is 0.588. The molecule has 0 bridgehead atoms. The number of amides is 2. The minimum Gasteiger partial charge on any atom is -0.329 e. The van der Waals surface area contributed by atoms with Gasteiger partial charge in [0.15, 0.2) is 0 Å². The number of likely N-dealkylation sites (tertiary alicyclic amines) is 1. The van der Waals surface area contributed by atoms with Crippen LogP contribution in [-0.4, -0.2) is 38.8 Å². The molecule has 2 unspecified atom stereocenters. The van der Waals surface area contributed by atoms with Crippen molar-refractivity contribution in [3.63, 3.8) is 0 Å². The van der Waals surface area contributed by atoms with Crippen molar-refractivity contribution in [2.75, 3.05) is 13.1 Å². The van der Waals surface area contributed by atoms with E-state index in [1.165, 1.54) is 5.56 Å². The predicted octanol–water partition coefficient (Wildman–Crippen LogP) is 2.91. The molecule has 0 spiro atoms. The van der Waals surface area contributed by atoms with E-state index in [0.29, 0.717) is 5.92 Å². The first-order valence-electron chi connectivity index (χ1n) is 8.50. The molecule has 0 radical (unpaired) electrons. The molecule has 0 saturated carbocycles. The van der Waals surface area contributed by atoms with E-state index in [2.05, 4.69) is 28.5 Å². The van der Waals surface area contributed by atoms with Crippen LogP contribution in [0.1, 0.15) is 42.1 Å². The quantitative estimate of drug-likeness (QED) is 0.904. The Labute approximate surface area is 146 Å². The molecule has 6 nitrogen and oxygen atoms in total. The van der Waals surface area contributed by atoms with E-state index in [-0.39, 0.29) is 12.1 Å². The molecule has 2 aromatic heterocycles. The van der Waals surface area contributed by atoms with Crippen LogP contribution in [0.15, 0.2) is 17.8 Å². The molecule has 1 aliphatic heterocycles. The van der Waals surface area contributed by atoms with Crippen LogP contribution in [-0.2, 0) is 13.5 Å². The Hall–Kier alpha value is -1.89. The van der Waals surface area contributed by atoms with Gasteiger partial charge in [0, 0.05) is 37.4 Å². The Kier molecular flexibility index (Phi) is 5.18. The summed E-state index contributed by atoms with van der Waals surface area (Å²) in [5.74, 6) is 0.516. The highest BCUT2D eigenvalue weighted by atomic mass is 32.1. The van der Waals surface area contributed by atoms with Crippen molar-refractivity contribution >= 4 is 17.4 Å². The molecule has 24 heavy (non-hydrogen) atoms. The Morgan fingerprint density at radius 1 is 1.54 bits per heavy atom. The van der Waals surface area contributed by atoms with Crippen LogP contribution < -0.4 is 5.32 Å². The van der Waals surface area contributed by atoms with E-state index in [1.807, 2.05) is 35.1 Å². The van der Waals surface area contributed by atoms with Crippen molar-refractivity contribution in [2.24, 2.45) is 13.0 Å². The van der Waals surface area contributed by atoms with Gasteiger partial charge in [0.1, 0.15) is 5.01 Å². The van der Waals surface area contributed by atoms with Crippen molar-refractivity contribution in [3.8, 4) is 0 Å². The molecule has 2 atom stereocenters. The third kappa shape index (κ3) is 3.95. The molecule has 3 heterocycles. The highest BCUT2D eigenvalue weighted by Gasteiger charge is 2.28. The van der Waals surface area contributed by atoms with Crippen molar-refractivity contribution in [1.29, 1.82) is 0 Å². The summed E-state index contributed by atoms with van der Waals surface area (Å²) in [6.45, 7) is 5.70. The van der Waals surface area contributed by atoms with Gasteiger partial charge >= 0.3 is 6.03 Å². The Morgan fingerprint density at radius 3 is 3.00 bits per heavy atom. The molecule has 0 aliphatic carbocycles. The number of hydrogen-bond acceptors (Lipinski definition) is 4. The fourth-order valence-electron chi connectivity index (χ4n) is 3.21. The van der Waals surface area contributed by atoms with Gasteiger partial charge in [-0.3, -0.25) is 4.68 Å². The number of aromatic nitrogens is 3. The summed E-state index contributed by atoms with van der Waals surface area (Å²) < 4.78 is 1.83. The lowest BCUT2D eigenvalue weighted by molar-refractivity contribution is 0.202. The highest BCUT2D eigenvalue weighted by molar-refractivity contribution is 7.09. The van der Waals surface area contributed by atoms with Crippen LogP contribution in [0, 0.1) is 12.8 Å². The minimum atomic E-state index is 0.00794. The van der Waals surface area contributed by atoms with Gasteiger partial charge in [0.2, 0.25) is 0 Å². The number of carbonyl (C=O) groups is 1. The maximum Gasteiger partial charge on any atom is 0.317 e. The lowest BCUT2D eigenvalue weighted by Crippen LogP contribution is -2.40. The first-order valence-corrected chi connectivity index (χ1v) is 9.38. The first kappa shape index (κ1) is 17.0. The van der Waals surface area contributed by atoms with Crippen LogP contribution in [0.5, 0.6) is 0 Å². The summed E-state index contributed by atoms with van der Waals surface area (Å²) in [5.41, 5.74) is 2.26. The van der Waals surface area contributed by atoms with Gasteiger partial charge in [-0.15, -0.1) is 11.3 Å². The lowest BCUT2D eigenvalue weighted by Gasteiger charge is -2.21. The Morgan fingerprint density at radius 2 is 2.38 bits per heavy atom. The summed E-state index contributed by atoms with van der Waals surface area (Å²) in [4.78, 5) is 19.0. The van der Waals surface area contributed by atoms with E-state index in [4.69, 9.17) is 0 Å². The molecule has 2 aromatic rings. The summed E-state index contributed by atoms with van der Waals surface area (Å²) in [5, 5.41) is 10.4. The number of thiazole rings is 1. The molecular formula is C17H25N5OS. The zero-order valence-electron chi connectivity index (χ0n) is 14.5. The molecular weight excluding hydrogens is 322 g/mol. The highest BCUT2D eigenvalue weighted by Crippen LogP contribution is 2.24. The molecule has 7 heteroatoms. The van der Waals surface area contributed by atoms with Gasteiger partial charge in [-0.2, -0.15) is 5.10 Å². The van der Waals surface area contributed by atoms with Gasteiger partial charge in [-0.1, -0.05) is 6.92 Å². The van der Waals surface area contributed by atoms with Gasteiger partial charge < -0.3 is 10.2 Å². The minimum absolute atomic E-state index is 0.00794. The van der Waals surface area contributed by atoms with Crippen LogP contribution in [0.25, 0.3) is 0 Å². The maximum absolute atomic E-state index is 12.6. The number of nitrogens with one attached hydrogen (secondary N) is 1. The van der Waals surface area contributed by atoms with Crippen LogP contribution in [0.3, 0.4) is 0 Å². The zero-order chi connectivity index (χ0) is 17.1. The molecule has 2 amide bonds. The SMILES string of the molecule is CCC(NC(=O)N1CCC(Cc2cnn(C)c2)C1)c1nc(C)cs1. The zero-order valence-corrected chi connectivity index (χ0v) is 15.3. The fourth-order valence-corrected chi connectivity index (χ4v) is 4.14. The largest absolute Gasteiger partial charge is 0.329 e. The van der Waals surface area contributed by atoms with Crippen molar-refractivity contribution < 1.29 is 4.79 Å². The van der Waals surface area contributed by atoms with Crippen LogP contribution >= 0.6 is 11.3 Å². The predicted molar refractivity (Wildman–Crippen MR) is 95.0 cm³/mol. The van der Waals surface area contributed by atoms with E-state index < -0.39 is 0 Å². The molecule has 0 aromatic carbocycles. The van der Waals surface area contributed by atoms with E-state index in [9.17, 15) is 4.79 Å². The Balaban J connectivity index is 1.54. The normalized spacial score (nSPS) is 18.8. The number of aryl methyl sites for hydroxylation is 2. The average Bonchev–Trinajstić information content (AvgIpc) is 3.27. The molecule has 1 aliphatic rings. The second-order valence-electron chi connectivity index (χ2n) is 6.56. The van der Waals surface area contributed by atoms with E-state index in [0.717, 1.165) is 43.1 Å². The van der Waals surface area contributed by atoms with Crippen LogP contribution in [0.4, 0.5) is 4.79 Å². The van der Waals surface area contributed by atoms with Gasteiger partial charge in [-0.05, 0) is 37.7 Å². The van der Waals surface area contributed by atoms with Crippen LogP contribution in [0.2, 0.25) is 0 Å². The Bertz CT molecular complexity index is 695. The van der Waals surface area contributed by atoms with Gasteiger partial charge in [-0.25, -0.2) is 9.78 Å². The second-order valence-corrected chi connectivity index (χ2v) is 7.45. The van der Waals surface area contributed by atoms with Gasteiger partial charge in [0.25, 0.3) is 0 Å². The molecule has 1 fully saturated rings. The van der Waals surface area contributed by atoms with Crippen molar-refractivity contribution in [2.45, 2.75) is 39.2 Å². The third-order valence-electron chi connectivity index (χ3n) is 4.50. The number of nitrogens with zero attached hydrogens (tertiary/aromatic N) is 4. The van der Waals surface area contributed by atoms with Crippen molar-refractivity contribution in [1.82, 2.24) is 25.0 Å². The number of carbonyl (C=O) groups excluding carboxylic acids is 1. The first-order chi connectivity index (χ1) is 11.5. The molecule has 1 N–H and O–H groups in total. The second kappa shape index (κ2) is 7.34. The van der Waals surface area contributed by atoms with Crippen molar-refractivity contribution in [3.05, 3.63) is 34.0 Å². The molecule has 3 rings (SSSR count). The number of rotatable bonds is 5. The van der Waals surface area contributed by atoms with E-state index >= 15 is 0 Å². The summed E-state index contributed by atoms with van der Waals surface area (Å²) in [7, 11) is 1.93. The summed E-state index contributed by atoms with van der Waals surface area (Å²) >= 11 is 1.62. The number of hydrogen-bond donors (Lipinski definition) is 1. The average molecular weight is 347 g/mol. The summed E-state index contributed by atoms with van der Waals surface area (Å²) in [6.07, 6.45) is 6.86. The van der Waals surface area contributed by atoms with Gasteiger partial charge in [0.05, 0.1) is 12.2 Å². The number of urea groups is 1. The van der Waals surface area contributed by atoms with E-state index in [1.54, 1.807) is 11.3 Å². The molecule has 130 valence electrons. The topological polar surface area (TPSA) is 63.1 Å². The smallest absolute Gasteiger partial charge is 0.317 e. The summed E-state index contributed by atoms with van der Waals surface area (Å²) in [6, 6.07) is 0.0389. The lowest BCUT2D eigenvalue weighted by atomic mass is 10.0. The maximum atomic E-state index is 12.6.